The Balaban J connectivity index is 1.91. The van der Waals surface area contributed by atoms with E-state index in [0.717, 1.165) is 27.9 Å². The molecule has 1 aromatic carbocycles. The summed E-state index contributed by atoms with van der Waals surface area (Å²) in [6.45, 7) is 5.49. The zero-order valence-electron chi connectivity index (χ0n) is 13.4. The molecule has 22 heavy (non-hydrogen) atoms. The Morgan fingerprint density at radius 1 is 1.18 bits per heavy atom. The molecule has 2 rings (SSSR count). The second-order valence-corrected chi connectivity index (χ2v) is 5.62. The number of benzene rings is 1. The summed E-state index contributed by atoms with van der Waals surface area (Å²) in [6.07, 6.45) is 0. The number of nitrogens with one attached hydrogen (secondary N) is 2. The summed E-state index contributed by atoms with van der Waals surface area (Å²) in [4.78, 5) is 4.24. The standard InChI is InChI=1S/C16H22ClN5/c1-11-15(12(2)22(4)21-11)10-20-16(18-3)19-9-13-5-7-14(17)8-6-13/h5-8H,9-10H2,1-4H3,(H2,18,19,20). The van der Waals surface area contributed by atoms with Gasteiger partial charge in [-0.1, -0.05) is 23.7 Å². The minimum Gasteiger partial charge on any atom is -0.352 e. The molecule has 1 heterocycles. The number of aromatic nitrogens is 2. The van der Waals surface area contributed by atoms with Crippen LogP contribution in [0.1, 0.15) is 22.5 Å². The number of rotatable bonds is 4. The lowest BCUT2D eigenvalue weighted by Crippen LogP contribution is -2.36. The number of nitrogens with zero attached hydrogens (tertiary/aromatic N) is 3. The van der Waals surface area contributed by atoms with Crippen LogP contribution in [0, 0.1) is 13.8 Å². The van der Waals surface area contributed by atoms with Crippen molar-refractivity contribution in [1.29, 1.82) is 0 Å². The van der Waals surface area contributed by atoms with E-state index < -0.39 is 0 Å². The SMILES string of the molecule is CN=C(NCc1ccc(Cl)cc1)NCc1c(C)nn(C)c1C. The third kappa shape index (κ3) is 4.01. The van der Waals surface area contributed by atoms with Crippen LogP contribution in [0.4, 0.5) is 0 Å². The van der Waals surface area contributed by atoms with E-state index in [2.05, 4.69) is 27.6 Å². The summed E-state index contributed by atoms with van der Waals surface area (Å²) in [5, 5.41) is 11.8. The van der Waals surface area contributed by atoms with E-state index in [1.165, 1.54) is 5.56 Å². The van der Waals surface area contributed by atoms with Gasteiger partial charge in [-0.25, -0.2) is 0 Å². The van der Waals surface area contributed by atoms with Crippen molar-refractivity contribution < 1.29 is 0 Å². The molecule has 0 fully saturated rings. The van der Waals surface area contributed by atoms with Crippen LogP contribution < -0.4 is 10.6 Å². The smallest absolute Gasteiger partial charge is 0.191 e. The van der Waals surface area contributed by atoms with Crippen LogP contribution in [0.2, 0.25) is 5.02 Å². The first-order chi connectivity index (χ1) is 10.5. The largest absolute Gasteiger partial charge is 0.352 e. The molecule has 0 saturated heterocycles. The van der Waals surface area contributed by atoms with Crippen LogP contribution in [0.25, 0.3) is 0 Å². The number of hydrogen-bond donors (Lipinski definition) is 2. The van der Waals surface area contributed by atoms with Crippen molar-refractivity contribution in [1.82, 2.24) is 20.4 Å². The fraction of sp³-hybridized carbons (Fsp3) is 0.375. The molecule has 0 atom stereocenters. The molecule has 0 bridgehead atoms. The molecule has 2 N–H and O–H groups in total. The van der Waals surface area contributed by atoms with Gasteiger partial charge in [0.1, 0.15) is 0 Å². The number of guanidine groups is 1. The Morgan fingerprint density at radius 2 is 1.82 bits per heavy atom. The third-order valence-corrected chi connectivity index (χ3v) is 3.94. The highest BCUT2D eigenvalue weighted by Gasteiger charge is 2.09. The summed E-state index contributed by atoms with van der Waals surface area (Å²) < 4.78 is 1.90. The molecule has 0 aliphatic rings. The molecular weight excluding hydrogens is 298 g/mol. The van der Waals surface area contributed by atoms with Gasteiger partial charge in [0.15, 0.2) is 5.96 Å². The zero-order valence-corrected chi connectivity index (χ0v) is 14.2. The van der Waals surface area contributed by atoms with Crippen LogP contribution in [0.3, 0.4) is 0 Å². The van der Waals surface area contributed by atoms with Crippen LogP contribution >= 0.6 is 11.6 Å². The molecule has 0 aliphatic carbocycles. The van der Waals surface area contributed by atoms with E-state index in [4.69, 9.17) is 11.6 Å². The average molecular weight is 320 g/mol. The molecule has 0 saturated carbocycles. The van der Waals surface area contributed by atoms with Gasteiger partial charge in [0.05, 0.1) is 5.69 Å². The number of halogens is 1. The van der Waals surface area contributed by atoms with Crippen molar-refractivity contribution in [3.63, 3.8) is 0 Å². The van der Waals surface area contributed by atoms with Crippen molar-refractivity contribution >= 4 is 17.6 Å². The van der Waals surface area contributed by atoms with Gasteiger partial charge in [-0.15, -0.1) is 0 Å². The Bertz CT molecular complexity index is 658. The summed E-state index contributed by atoms with van der Waals surface area (Å²) in [5.41, 5.74) is 4.57. The third-order valence-electron chi connectivity index (χ3n) is 3.69. The van der Waals surface area contributed by atoms with Gasteiger partial charge in [0.2, 0.25) is 0 Å². The predicted octanol–water partition coefficient (Wildman–Crippen LogP) is 2.56. The fourth-order valence-corrected chi connectivity index (χ4v) is 2.38. The molecule has 0 unspecified atom stereocenters. The average Bonchev–Trinajstić information content (AvgIpc) is 2.75. The minimum atomic E-state index is 0.696. The summed E-state index contributed by atoms with van der Waals surface area (Å²) in [5.74, 6) is 0.762. The van der Waals surface area contributed by atoms with E-state index in [-0.39, 0.29) is 0 Å². The van der Waals surface area contributed by atoms with Crippen molar-refractivity contribution in [2.45, 2.75) is 26.9 Å². The molecule has 5 nitrogen and oxygen atoms in total. The van der Waals surface area contributed by atoms with E-state index in [0.29, 0.717) is 13.1 Å². The van der Waals surface area contributed by atoms with Crippen molar-refractivity contribution in [2.24, 2.45) is 12.0 Å². The Kier molecular flexibility index (Phi) is 5.44. The van der Waals surface area contributed by atoms with Gasteiger partial charge in [0, 0.05) is 43.5 Å². The number of aliphatic imine (C=N–C) groups is 1. The first-order valence-electron chi connectivity index (χ1n) is 7.19. The molecule has 0 spiro atoms. The number of aryl methyl sites for hydroxylation is 2. The van der Waals surface area contributed by atoms with Crippen LogP contribution in [-0.4, -0.2) is 22.8 Å². The summed E-state index contributed by atoms with van der Waals surface area (Å²) >= 11 is 5.89. The predicted molar refractivity (Wildman–Crippen MR) is 91.2 cm³/mol. The lowest BCUT2D eigenvalue weighted by molar-refractivity contribution is 0.728. The molecule has 0 aliphatic heterocycles. The topological polar surface area (TPSA) is 54.2 Å². The summed E-state index contributed by atoms with van der Waals surface area (Å²) in [6, 6.07) is 7.77. The van der Waals surface area contributed by atoms with Gasteiger partial charge in [0.25, 0.3) is 0 Å². The second-order valence-electron chi connectivity index (χ2n) is 5.18. The van der Waals surface area contributed by atoms with Gasteiger partial charge in [-0.2, -0.15) is 5.10 Å². The van der Waals surface area contributed by atoms with Crippen molar-refractivity contribution in [2.75, 3.05) is 7.05 Å². The summed E-state index contributed by atoms with van der Waals surface area (Å²) in [7, 11) is 3.72. The molecule has 1 aromatic heterocycles. The van der Waals surface area contributed by atoms with E-state index in [1.807, 2.05) is 42.9 Å². The number of hydrogen-bond acceptors (Lipinski definition) is 2. The maximum atomic E-state index is 5.89. The van der Waals surface area contributed by atoms with Crippen LogP contribution in [0.15, 0.2) is 29.3 Å². The van der Waals surface area contributed by atoms with E-state index >= 15 is 0 Å². The fourth-order valence-electron chi connectivity index (χ4n) is 2.25. The van der Waals surface area contributed by atoms with Crippen LogP contribution in [-0.2, 0) is 20.1 Å². The molecule has 2 aromatic rings. The quantitative estimate of drug-likeness (QED) is 0.672. The highest BCUT2D eigenvalue weighted by atomic mass is 35.5. The monoisotopic (exact) mass is 319 g/mol. The van der Waals surface area contributed by atoms with E-state index in [9.17, 15) is 0 Å². The first-order valence-corrected chi connectivity index (χ1v) is 7.57. The second kappa shape index (κ2) is 7.31. The Labute approximate surface area is 136 Å². The zero-order chi connectivity index (χ0) is 16.1. The Morgan fingerprint density at radius 3 is 2.36 bits per heavy atom. The highest BCUT2D eigenvalue weighted by molar-refractivity contribution is 6.30. The van der Waals surface area contributed by atoms with Crippen molar-refractivity contribution in [3.05, 3.63) is 51.8 Å². The van der Waals surface area contributed by atoms with Gasteiger partial charge in [-0.05, 0) is 31.5 Å². The van der Waals surface area contributed by atoms with Gasteiger partial charge < -0.3 is 10.6 Å². The molecule has 0 radical (unpaired) electrons. The lowest BCUT2D eigenvalue weighted by atomic mass is 10.2. The lowest BCUT2D eigenvalue weighted by Gasteiger charge is -2.12. The maximum absolute atomic E-state index is 5.89. The van der Waals surface area contributed by atoms with Gasteiger partial charge in [-0.3, -0.25) is 9.67 Å². The molecular formula is C16H22ClN5. The first kappa shape index (κ1) is 16.4. The molecule has 6 heteroatoms. The molecule has 0 amide bonds. The molecule has 118 valence electrons. The maximum Gasteiger partial charge on any atom is 0.191 e. The van der Waals surface area contributed by atoms with Crippen LogP contribution in [0.5, 0.6) is 0 Å². The van der Waals surface area contributed by atoms with E-state index in [1.54, 1.807) is 7.05 Å². The highest BCUT2D eigenvalue weighted by Crippen LogP contribution is 2.11. The van der Waals surface area contributed by atoms with Gasteiger partial charge >= 0.3 is 0 Å². The Hall–Kier alpha value is -2.01. The minimum absolute atomic E-state index is 0.696. The van der Waals surface area contributed by atoms with Crippen molar-refractivity contribution in [3.8, 4) is 0 Å². The normalized spacial score (nSPS) is 11.6.